The van der Waals surface area contributed by atoms with Gasteiger partial charge in [0.25, 0.3) is 0 Å². The number of nitrogens with one attached hydrogen (secondary N) is 1. The maximum absolute atomic E-state index is 12.3. The molecule has 3 atom stereocenters. The number of amides is 1. The summed E-state index contributed by atoms with van der Waals surface area (Å²) in [5.41, 5.74) is 1.75. The van der Waals surface area contributed by atoms with Crippen molar-refractivity contribution in [2.45, 2.75) is 25.7 Å². The maximum atomic E-state index is 12.3. The number of rotatable bonds is 5. The predicted octanol–water partition coefficient (Wildman–Crippen LogP) is 2.85. The molecule has 2 aliphatic rings. The van der Waals surface area contributed by atoms with E-state index in [-0.39, 0.29) is 18.2 Å². The van der Waals surface area contributed by atoms with E-state index in [0.717, 1.165) is 24.1 Å². The molecule has 2 bridgehead atoms. The van der Waals surface area contributed by atoms with Gasteiger partial charge in [-0.15, -0.1) is 0 Å². The highest BCUT2D eigenvalue weighted by Gasteiger charge is 2.39. The third-order valence-electron chi connectivity index (χ3n) is 4.46. The molecule has 1 fully saturated rings. The minimum atomic E-state index is -0.795. The van der Waals surface area contributed by atoms with Crippen LogP contribution >= 0.6 is 0 Å². The van der Waals surface area contributed by atoms with Crippen molar-refractivity contribution >= 4 is 17.6 Å². The van der Waals surface area contributed by atoms with Crippen molar-refractivity contribution in [1.82, 2.24) is 0 Å². The van der Waals surface area contributed by atoms with E-state index in [1.807, 2.05) is 24.3 Å². The Hall–Kier alpha value is -2.10. The first-order valence-electron chi connectivity index (χ1n) is 7.42. The van der Waals surface area contributed by atoms with Crippen LogP contribution in [0.4, 0.5) is 5.69 Å². The highest BCUT2D eigenvalue weighted by molar-refractivity contribution is 5.93. The Balaban J connectivity index is 1.56. The second-order valence-electron chi connectivity index (χ2n) is 5.97. The summed E-state index contributed by atoms with van der Waals surface area (Å²) in [7, 11) is 0. The Labute approximate surface area is 123 Å². The molecule has 0 spiro atoms. The van der Waals surface area contributed by atoms with E-state index in [9.17, 15) is 9.59 Å². The van der Waals surface area contributed by atoms with Gasteiger partial charge in [0.1, 0.15) is 0 Å². The minimum Gasteiger partial charge on any atom is -0.481 e. The van der Waals surface area contributed by atoms with E-state index in [0.29, 0.717) is 18.3 Å². The van der Waals surface area contributed by atoms with Crippen LogP contribution in [-0.2, 0) is 16.0 Å². The first kappa shape index (κ1) is 13.9. The lowest BCUT2D eigenvalue weighted by Crippen LogP contribution is -2.25. The zero-order chi connectivity index (χ0) is 14.8. The summed E-state index contributed by atoms with van der Waals surface area (Å²) in [5.74, 6) is 0.405. The van der Waals surface area contributed by atoms with Gasteiger partial charge in [0.2, 0.25) is 5.91 Å². The van der Waals surface area contributed by atoms with E-state index in [4.69, 9.17) is 5.11 Å². The van der Waals surface area contributed by atoms with Crippen LogP contribution in [0.25, 0.3) is 0 Å². The molecule has 0 radical (unpaired) electrons. The lowest BCUT2D eigenvalue weighted by atomic mass is 9.93. The number of hydrogen-bond donors (Lipinski definition) is 2. The summed E-state index contributed by atoms with van der Waals surface area (Å²) in [4.78, 5) is 22.8. The molecule has 1 amide bonds. The summed E-state index contributed by atoms with van der Waals surface area (Å²) < 4.78 is 0. The van der Waals surface area contributed by atoms with Crippen LogP contribution in [0, 0.1) is 17.8 Å². The highest BCUT2D eigenvalue weighted by Crippen LogP contribution is 2.43. The van der Waals surface area contributed by atoms with E-state index < -0.39 is 5.97 Å². The average molecular weight is 285 g/mol. The molecule has 1 aromatic rings. The average Bonchev–Trinajstić information content (AvgIpc) is 3.09. The minimum absolute atomic E-state index is 0.102. The van der Waals surface area contributed by atoms with E-state index >= 15 is 0 Å². The van der Waals surface area contributed by atoms with Gasteiger partial charge in [-0.05, 0) is 48.8 Å². The SMILES string of the molecule is O=C(O)CCc1ccc(NC(=O)C2CC3C=CC2C3)cc1. The number of carboxylic acids is 1. The summed E-state index contributed by atoms with van der Waals surface area (Å²) in [6, 6.07) is 7.44. The normalized spacial score (nSPS) is 26.0. The van der Waals surface area contributed by atoms with Gasteiger partial charge in [0.15, 0.2) is 0 Å². The number of aryl methyl sites for hydroxylation is 1. The topological polar surface area (TPSA) is 66.4 Å². The number of fused-ring (bicyclic) bond motifs is 2. The Morgan fingerprint density at radius 2 is 1.90 bits per heavy atom. The van der Waals surface area contributed by atoms with Gasteiger partial charge in [-0.25, -0.2) is 0 Å². The Morgan fingerprint density at radius 1 is 1.14 bits per heavy atom. The molecular weight excluding hydrogens is 266 g/mol. The number of aliphatic carboxylic acids is 1. The first-order valence-corrected chi connectivity index (χ1v) is 7.42. The summed E-state index contributed by atoms with van der Waals surface area (Å²) >= 11 is 0. The van der Waals surface area contributed by atoms with Gasteiger partial charge in [0, 0.05) is 18.0 Å². The molecule has 0 heterocycles. The second kappa shape index (κ2) is 5.72. The number of carboxylic acid groups (broad SMARTS) is 1. The quantitative estimate of drug-likeness (QED) is 0.817. The predicted molar refractivity (Wildman–Crippen MR) is 79.9 cm³/mol. The fourth-order valence-electron chi connectivity index (χ4n) is 3.32. The lowest BCUT2D eigenvalue weighted by Gasteiger charge is -2.17. The van der Waals surface area contributed by atoms with Crippen molar-refractivity contribution in [3.63, 3.8) is 0 Å². The molecule has 0 aromatic heterocycles. The molecule has 0 saturated heterocycles. The fourth-order valence-corrected chi connectivity index (χ4v) is 3.32. The van der Waals surface area contributed by atoms with Crippen molar-refractivity contribution in [1.29, 1.82) is 0 Å². The van der Waals surface area contributed by atoms with E-state index in [2.05, 4.69) is 17.5 Å². The van der Waals surface area contributed by atoms with Crippen molar-refractivity contribution in [3.8, 4) is 0 Å². The summed E-state index contributed by atoms with van der Waals surface area (Å²) in [5, 5.41) is 11.6. The molecule has 3 rings (SSSR count). The molecule has 4 heteroatoms. The first-order chi connectivity index (χ1) is 10.1. The van der Waals surface area contributed by atoms with Crippen LogP contribution < -0.4 is 5.32 Å². The van der Waals surface area contributed by atoms with Gasteiger partial charge in [-0.1, -0.05) is 24.3 Å². The fraction of sp³-hybridized carbons (Fsp3) is 0.412. The molecule has 0 aliphatic heterocycles. The van der Waals surface area contributed by atoms with Crippen LogP contribution in [0.1, 0.15) is 24.8 Å². The lowest BCUT2D eigenvalue weighted by molar-refractivity contribution is -0.137. The third-order valence-corrected chi connectivity index (χ3v) is 4.46. The second-order valence-corrected chi connectivity index (χ2v) is 5.97. The largest absolute Gasteiger partial charge is 0.481 e. The van der Waals surface area contributed by atoms with Gasteiger partial charge in [0.05, 0.1) is 0 Å². The van der Waals surface area contributed by atoms with Gasteiger partial charge in [-0.3, -0.25) is 9.59 Å². The number of carbonyl (C=O) groups is 2. The van der Waals surface area contributed by atoms with Crippen molar-refractivity contribution < 1.29 is 14.7 Å². The van der Waals surface area contributed by atoms with Crippen LogP contribution in [0.3, 0.4) is 0 Å². The van der Waals surface area contributed by atoms with Crippen molar-refractivity contribution in [3.05, 3.63) is 42.0 Å². The number of anilines is 1. The van der Waals surface area contributed by atoms with Gasteiger partial charge >= 0.3 is 5.97 Å². The molecule has 2 aliphatic carbocycles. The Bertz CT molecular complexity index is 576. The highest BCUT2D eigenvalue weighted by atomic mass is 16.4. The zero-order valence-corrected chi connectivity index (χ0v) is 11.8. The Morgan fingerprint density at radius 3 is 2.48 bits per heavy atom. The maximum Gasteiger partial charge on any atom is 0.303 e. The zero-order valence-electron chi connectivity index (χ0n) is 11.8. The number of benzene rings is 1. The summed E-state index contributed by atoms with van der Waals surface area (Å²) in [6.07, 6.45) is 7.12. The van der Waals surface area contributed by atoms with Crippen LogP contribution in [-0.4, -0.2) is 17.0 Å². The van der Waals surface area contributed by atoms with E-state index in [1.54, 1.807) is 0 Å². The number of hydrogen-bond acceptors (Lipinski definition) is 2. The summed E-state index contributed by atoms with van der Waals surface area (Å²) in [6.45, 7) is 0. The van der Waals surface area contributed by atoms with Crippen molar-refractivity contribution in [2.24, 2.45) is 17.8 Å². The molecular formula is C17H19NO3. The number of allylic oxidation sites excluding steroid dienone is 2. The molecule has 110 valence electrons. The van der Waals surface area contributed by atoms with Crippen LogP contribution in [0.15, 0.2) is 36.4 Å². The molecule has 21 heavy (non-hydrogen) atoms. The molecule has 4 nitrogen and oxygen atoms in total. The van der Waals surface area contributed by atoms with Crippen molar-refractivity contribution in [2.75, 3.05) is 5.32 Å². The van der Waals surface area contributed by atoms with E-state index in [1.165, 1.54) is 0 Å². The van der Waals surface area contributed by atoms with Crippen LogP contribution in [0.2, 0.25) is 0 Å². The number of carbonyl (C=O) groups excluding carboxylic acids is 1. The monoisotopic (exact) mass is 285 g/mol. The van der Waals surface area contributed by atoms with Crippen LogP contribution in [0.5, 0.6) is 0 Å². The Kier molecular flexibility index (Phi) is 3.78. The molecule has 3 unspecified atom stereocenters. The van der Waals surface area contributed by atoms with Gasteiger partial charge < -0.3 is 10.4 Å². The standard InChI is InChI=1S/C17H19NO3/c19-16(20)8-4-11-2-6-14(7-3-11)18-17(21)15-10-12-1-5-13(15)9-12/h1-3,5-7,12-13,15H,4,8-10H2,(H,18,21)(H,19,20). The molecule has 1 saturated carbocycles. The smallest absolute Gasteiger partial charge is 0.303 e. The molecule has 1 aromatic carbocycles. The third kappa shape index (κ3) is 3.15. The van der Waals surface area contributed by atoms with Gasteiger partial charge in [-0.2, -0.15) is 0 Å². The molecule has 2 N–H and O–H groups in total.